The molecule has 0 amide bonds. The normalized spacial score (nSPS) is 19.2. The van der Waals surface area contributed by atoms with E-state index in [0.717, 1.165) is 50.5 Å². The molecule has 168 valence electrons. The lowest BCUT2D eigenvalue weighted by Crippen LogP contribution is -2.48. The van der Waals surface area contributed by atoms with Crippen LogP contribution in [0.2, 0.25) is 0 Å². The van der Waals surface area contributed by atoms with E-state index in [0.29, 0.717) is 11.8 Å². The molecule has 1 aromatic heterocycles. The Bertz CT molecular complexity index is 1000. The van der Waals surface area contributed by atoms with Crippen LogP contribution in [0, 0.1) is 6.92 Å². The van der Waals surface area contributed by atoms with Crippen LogP contribution < -0.4 is 4.90 Å². The summed E-state index contributed by atoms with van der Waals surface area (Å²) in [7, 11) is 0. The van der Waals surface area contributed by atoms with Crippen molar-refractivity contribution in [3.05, 3.63) is 65.5 Å². The van der Waals surface area contributed by atoms with Crippen LogP contribution in [0.1, 0.15) is 61.1 Å². The van der Waals surface area contributed by atoms with Gasteiger partial charge in [-0.25, -0.2) is 4.68 Å². The molecule has 0 spiro atoms. The van der Waals surface area contributed by atoms with Gasteiger partial charge in [0.05, 0.1) is 12.1 Å². The van der Waals surface area contributed by atoms with E-state index in [1.807, 2.05) is 12.1 Å². The number of aromatic nitrogens is 4. The molecular weight excluding hydrogens is 400 g/mol. The highest BCUT2D eigenvalue weighted by Crippen LogP contribution is 2.34. The van der Waals surface area contributed by atoms with Crippen LogP contribution in [0.15, 0.2) is 48.5 Å². The number of benzene rings is 2. The second-order valence-electron chi connectivity index (χ2n) is 9.13. The van der Waals surface area contributed by atoms with Crippen molar-refractivity contribution >= 4 is 5.69 Å². The summed E-state index contributed by atoms with van der Waals surface area (Å²) >= 11 is 0. The Morgan fingerprint density at radius 3 is 2.25 bits per heavy atom. The molecule has 5 rings (SSSR count). The molecule has 1 atom stereocenters. The van der Waals surface area contributed by atoms with Gasteiger partial charge < -0.3 is 10.0 Å². The molecule has 0 bridgehead atoms. The molecule has 1 saturated heterocycles. The Kier molecular flexibility index (Phi) is 6.08. The van der Waals surface area contributed by atoms with E-state index in [4.69, 9.17) is 0 Å². The van der Waals surface area contributed by atoms with Crippen LogP contribution in [0.4, 0.5) is 5.69 Å². The van der Waals surface area contributed by atoms with Crippen molar-refractivity contribution in [3.63, 3.8) is 0 Å². The summed E-state index contributed by atoms with van der Waals surface area (Å²) in [6, 6.07) is 16.8. The van der Waals surface area contributed by atoms with Gasteiger partial charge in [0.2, 0.25) is 0 Å². The fourth-order valence-electron chi connectivity index (χ4n) is 5.14. The van der Waals surface area contributed by atoms with Crippen LogP contribution in [-0.4, -0.2) is 56.4 Å². The first-order valence-electron chi connectivity index (χ1n) is 11.8. The maximum atomic E-state index is 9.61. The van der Waals surface area contributed by atoms with Crippen molar-refractivity contribution in [1.82, 2.24) is 25.1 Å². The van der Waals surface area contributed by atoms with E-state index in [9.17, 15) is 5.11 Å². The second-order valence-corrected chi connectivity index (χ2v) is 9.13. The number of tetrazole rings is 1. The molecule has 0 radical (unpaired) electrons. The van der Waals surface area contributed by atoms with Gasteiger partial charge in [-0.1, -0.05) is 49.1 Å². The van der Waals surface area contributed by atoms with Gasteiger partial charge >= 0.3 is 0 Å². The van der Waals surface area contributed by atoms with Crippen molar-refractivity contribution < 1.29 is 5.11 Å². The number of aromatic hydroxyl groups is 1. The maximum Gasteiger partial charge on any atom is 0.173 e. The van der Waals surface area contributed by atoms with Gasteiger partial charge in [-0.3, -0.25) is 4.90 Å². The van der Waals surface area contributed by atoms with E-state index in [-0.39, 0.29) is 6.04 Å². The molecular formula is C25H32N6O. The van der Waals surface area contributed by atoms with Crippen molar-refractivity contribution in [3.8, 4) is 5.75 Å². The first-order chi connectivity index (χ1) is 15.7. The molecule has 2 aliphatic rings. The summed E-state index contributed by atoms with van der Waals surface area (Å²) in [6.45, 7) is 5.84. The summed E-state index contributed by atoms with van der Waals surface area (Å²) in [5.74, 6) is 1.28. The van der Waals surface area contributed by atoms with Crippen LogP contribution >= 0.6 is 0 Å². The number of phenols is 1. The lowest BCUT2D eigenvalue weighted by atomic mass is 9.95. The second kappa shape index (κ2) is 9.28. The molecule has 7 nitrogen and oxygen atoms in total. The first-order valence-corrected chi connectivity index (χ1v) is 11.8. The highest BCUT2D eigenvalue weighted by atomic mass is 16.3. The predicted octanol–water partition coefficient (Wildman–Crippen LogP) is 4.10. The van der Waals surface area contributed by atoms with E-state index in [2.05, 4.69) is 61.2 Å². The molecule has 32 heavy (non-hydrogen) atoms. The molecule has 1 saturated carbocycles. The van der Waals surface area contributed by atoms with E-state index in [1.54, 1.807) is 12.1 Å². The standard InChI is InChI=1S/C25H32N6O/c1-19-7-9-20(10-8-19)24(25-26-27-28-31(25)22-5-3-2-4-6-22)30-17-15-29(16-18-30)21-11-13-23(32)14-12-21/h7-14,22,24,32H,2-6,15-18H2,1H3/t24-/m1/s1. The summed E-state index contributed by atoms with van der Waals surface area (Å²) in [4.78, 5) is 4.90. The molecule has 7 heteroatoms. The molecule has 1 N–H and O–H groups in total. The minimum absolute atomic E-state index is 0.0505. The van der Waals surface area contributed by atoms with E-state index >= 15 is 0 Å². The predicted molar refractivity (Wildman–Crippen MR) is 125 cm³/mol. The third kappa shape index (κ3) is 4.35. The lowest BCUT2D eigenvalue weighted by molar-refractivity contribution is 0.193. The zero-order valence-electron chi connectivity index (χ0n) is 18.8. The van der Waals surface area contributed by atoms with Gasteiger partial charge in [-0.2, -0.15) is 0 Å². The van der Waals surface area contributed by atoms with E-state index < -0.39 is 0 Å². The SMILES string of the molecule is Cc1ccc([C@H](c2nnnn2C2CCCCC2)N2CCN(c3ccc(O)cc3)CC2)cc1. The lowest BCUT2D eigenvalue weighted by Gasteiger charge is -2.40. The molecule has 2 heterocycles. The third-order valence-corrected chi connectivity index (χ3v) is 6.97. The van der Waals surface area contributed by atoms with Crippen molar-refractivity contribution in [2.24, 2.45) is 0 Å². The highest BCUT2D eigenvalue weighted by Gasteiger charge is 2.32. The zero-order valence-corrected chi connectivity index (χ0v) is 18.8. The highest BCUT2D eigenvalue weighted by molar-refractivity contribution is 5.49. The number of phenolic OH excluding ortho intramolecular Hbond substituents is 1. The smallest absolute Gasteiger partial charge is 0.173 e. The van der Waals surface area contributed by atoms with Crippen LogP contribution in [-0.2, 0) is 0 Å². The number of hydrogen-bond acceptors (Lipinski definition) is 6. The largest absolute Gasteiger partial charge is 0.508 e. The molecule has 2 aromatic carbocycles. The van der Waals surface area contributed by atoms with Crippen molar-refractivity contribution in [2.45, 2.75) is 51.1 Å². The minimum atomic E-state index is 0.0505. The quantitative estimate of drug-likeness (QED) is 0.654. The number of rotatable bonds is 5. The van der Waals surface area contributed by atoms with Crippen molar-refractivity contribution in [1.29, 1.82) is 0 Å². The van der Waals surface area contributed by atoms with Gasteiger partial charge in [0.1, 0.15) is 5.75 Å². The summed E-state index contributed by atoms with van der Waals surface area (Å²) in [6.07, 6.45) is 6.14. The Balaban J connectivity index is 1.41. The summed E-state index contributed by atoms with van der Waals surface area (Å²) < 4.78 is 2.12. The first kappa shape index (κ1) is 20.9. The number of nitrogens with zero attached hydrogens (tertiary/aromatic N) is 6. The number of piperazine rings is 1. The average Bonchev–Trinajstić information content (AvgIpc) is 3.31. The van der Waals surface area contributed by atoms with Crippen LogP contribution in [0.5, 0.6) is 5.75 Å². The molecule has 1 aliphatic heterocycles. The maximum absolute atomic E-state index is 9.61. The number of aryl methyl sites for hydroxylation is 1. The Labute approximate surface area is 189 Å². The van der Waals surface area contributed by atoms with Gasteiger partial charge in [0.15, 0.2) is 5.82 Å². The average molecular weight is 433 g/mol. The van der Waals surface area contributed by atoms with Gasteiger partial charge in [0, 0.05) is 31.9 Å². The Hall–Kier alpha value is -2.93. The number of anilines is 1. The third-order valence-electron chi connectivity index (χ3n) is 6.97. The summed E-state index contributed by atoms with van der Waals surface area (Å²) in [5, 5.41) is 22.8. The monoisotopic (exact) mass is 432 g/mol. The van der Waals surface area contributed by atoms with Gasteiger partial charge in [-0.05, 0) is 60.0 Å². The topological polar surface area (TPSA) is 70.3 Å². The molecule has 2 fully saturated rings. The fraction of sp³-hybridized carbons (Fsp3) is 0.480. The van der Waals surface area contributed by atoms with Crippen molar-refractivity contribution in [2.75, 3.05) is 31.1 Å². The molecule has 3 aromatic rings. The number of hydrogen-bond donors (Lipinski definition) is 1. The van der Waals surface area contributed by atoms with E-state index in [1.165, 1.54) is 30.4 Å². The van der Waals surface area contributed by atoms with Crippen LogP contribution in [0.3, 0.4) is 0 Å². The molecule has 1 aliphatic carbocycles. The van der Waals surface area contributed by atoms with Crippen LogP contribution in [0.25, 0.3) is 0 Å². The molecule has 0 unspecified atom stereocenters. The van der Waals surface area contributed by atoms with Gasteiger partial charge in [0.25, 0.3) is 0 Å². The Morgan fingerprint density at radius 2 is 1.56 bits per heavy atom. The zero-order chi connectivity index (χ0) is 21.9. The summed E-state index contributed by atoms with van der Waals surface area (Å²) in [5.41, 5.74) is 3.67. The van der Waals surface area contributed by atoms with Gasteiger partial charge in [-0.15, -0.1) is 5.10 Å². The minimum Gasteiger partial charge on any atom is -0.508 e. The fourth-order valence-corrected chi connectivity index (χ4v) is 5.14. The Morgan fingerprint density at radius 1 is 0.875 bits per heavy atom.